The molecule has 0 aliphatic rings. The van der Waals surface area contributed by atoms with Gasteiger partial charge in [-0.2, -0.15) is 4.72 Å². The van der Waals surface area contributed by atoms with Gasteiger partial charge in [-0.1, -0.05) is 35.6 Å². The molecule has 2 rings (SSSR count). The SMILES string of the molecule is COC(=O)C(CC#Cc1cccs1)NS(=O)(=O)c1ccc(C)cc1. The van der Waals surface area contributed by atoms with Crippen molar-refractivity contribution >= 4 is 27.3 Å². The van der Waals surface area contributed by atoms with Gasteiger partial charge in [0.25, 0.3) is 0 Å². The molecule has 24 heavy (non-hydrogen) atoms. The van der Waals surface area contributed by atoms with Crippen LogP contribution in [-0.4, -0.2) is 27.5 Å². The van der Waals surface area contributed by atoms with Crippen molar-refractivity contribution in [2.45, 2.75) is 24.3 Å². The third kappa shape index (κ3) is 4.93. The van der Waals surface area contributed by atoms with Gasteiger partial charge in [-0.05, 0) is 30.5 Å². The largest absolute Gasteiger partial charge is 0.468 e. The number of aryl methyl sites for hydroxylation is 1. The Morgan fingerprint density at radius 3 is 2.58 bits per heavy atom. The Hall–Kier alpha value is -2.14. The first-order chi connectivity index (χ1) is 11.4. The molecule has 1 aromatic carbocycles. The highest BCUT2D eigenvalue weighted by Crippen LogP contribution is 2.12. The van der Waals surface area contributed by atoms with Crippen LogP contribution in [0.3, 0.4) is 0 Å². The lowest BCUT2D eigenvalue weighted by molar-refractivity contribution is -0.142. The van der Waals surface area contributed by atoms with Gasteiger partial charge in [-0.3, -0.25) is 4.79 Å². The second-order valence-corrected chi connectivity index (χ2v) is 7.65. The molecule has 0 radical (unpaired) electrons. The number of carbonyl (C=O) groups excluding carboxylic acids is 1. The zero-order chi connectivity index (χ0) is 17.6. The molecular weight excluding hydrogens is 346 g/mol. The first-order valence-electron chi connectivity index (χ1n) is 7.11. The highest BCUT2D eigenvalue weighted by Gasteiger charge is 2.25. The van der Waals surface area contributed by atoms with Crippen molar-refractivity contribution in [1.29, 1.82) is 0 Å². The Kier molecular flexibility index (Phi) is 6.15. The molecule has 1 heterocycles. The summed E-state index contributed by atoms with van der Waals surface area (Å²) in [5, 5.41) is 1.89. The van der Waals surface area contributed by atoms with Crippen LogP contribution in [0, 0.1) is 18.8 Å². The Labute approximate surface area is 145 Å². The maximum atomic E-state index is 12.4. The van der Waals surface area contributed by atoms with Gasteiger partial charge in [0.1, 0.15) is 6.04 Å². The van der Waals surface area contributed by atoms with E-state index in [2.05, 4.69) is 21.3 Å². The molecule has 0 saturated carbocycles. The number of hydrogen-bond donors (Lipinski definition) is 1. The molecule has 0 bridgehead atoms. The third-order valence-electron chi connectivity index (χ3n) is 3.15. The van der Waals surface area contributed by atoms with E-state index >= 15 is 0 Å². The van der Waals surface area contributed by atoms with Crippen LogP contribution in [-0.2, 0) is 19.6 Å². The third-order valence-corrected chi connectivity index (χ3v) is 5.43. The van der Waals surface area contributed by atoms with Crippen LogP contribution in [0.1, 0.15) is 16.9 Å². The number of esters is 1. The Bertz CT molecular complexity index is 844. The lowest BCUT2D eigenvalue weighted by Crippen LogP contribution is -2.41. The Morgan fingerprint density at radius 1 is 1.29 bits per heavy atom. The number of ether oxygens (including phenoxy) is 1. The van der Waals surface area contributed by atoms with Crippen LogP contribution >= 0.6 is 11.3 Å². The van der Waals surface area contributed by atoms with E-state index in [1.165, 1.54) is 30.6 Å². The van der Waals surface area contributed by atoms with E-state index in [0.29, 0.717) is 0 Å². The topological polar surface area (TPSA) is 72.5 Å². The maximum absolute atomic E-state index is 12.4. The molecule has 0 aliphatic carbocycles. The van der Waals surface area contributed by atoms with Gasteiger partial charge in [0, 0.05) is 6.42 Å². The zero-order valence-electron chi connectivity index (χ0n) is 13.3. The number of carbonyl (C=O) groups is 1. The molecule has 7 heteroatoms. The Morgan fingerprint density at radius 2 is 2.00 bits per heavy atom. The minimum atomic E-state index is -3.83. The summed E-state index contributed by atoms with van der Waals surface area (Å²) in [4.78, 5) is 12.8. The van der Waals surface area contributed by atoms with Crippen molar-refractivity contribution in [2.24, 2.45) is 0 Å². The summed E-state index contributed by atoms with van der Waals surface area (Å²) in [6.07, 6.45) is 0.0235. The fourth-order valence-corrected chi connectivity index (χ4v) is 3.65. The number of sulfonamides is 1. The van der Waals surface area contributed by atoms with Crippen molar-refractivity contribution in [3.8, 4) is 11.8 Å². The first kappa shape index (κ1) is 18.2. The fraction of sp³-hybridized carbons (Fsp3) is 0.235. The average Bonchev–Trinajstić information content (AvgIpc) is 3.07. The minimum Gasteiger partial charge on any atom is -0.468 e. The smallest absolute Gasteiger partial charge is 0.324 e. The van der Waals surface area contributed by atoms with Crippen molar-refractivity contribution in [2.75, 3.05) is 7.11 Å². The van der Waals surface area contributed by atoms with Crippen LogP contribution in [0.15, 0.2) is 46.7 Å². The minimum absolute atomic E-state index is 0.0235. The predicted molar refractivity (Wildman–Crippen MR) is 93.1 cm³/mol. The summed E-state index contributed by atoms with van der Waals surface area (Å²) in [6.45, 7) is 1.86. The second-order valence-electron chi connectivity index (χ2n) is 4.99. The molecule has 1 unspecified atom stereocenters. The average molecular weight is 363 g/mol. The van der Waals surface area contributed by atoms with Crippen LogP contribution in [0.25, 0.3) is 0 Å². The number of hydrogen-bond acceptors (Lipinski definition) is 5. The number of benzene rings is 1. The highest BCUT2D eigenvalue weighted by atomic mass is 32.2. The van der Waals surface area contributed by atoms with E-state index in [1.54, 1.807) is 12.1 Å². The van der Waals surface area contributed by atoms with E-state index < -0.39 is 22.0 Å². The monoisotopic (exact) mass is 363 g/mol. The van der Waals surface area contributed by atoms with Crippen LogP contribution in [0.5, 0.6) is 0 Å². The molecule has 1 aromatic heterocycles. The summed E-state index contributed by atoms with van der Waals surface area (Å²) >= 11 is 1.47. The highest BCUT2D eigenvalue weighted by molar-refractivity contribution is 7.89. The molecule has 5 nitrogen and oxygen atoms in total. The lowest BCUT2D eigenvalue weighted by Gasteiger charge is -2.14. The van der Waals surface area contributed by atoms with Crippen LogP contribution in [0.4, 0.5) is 0 Å². The number of nitrogens with one attached hydrogen (secondary N) is 1. The number of thiophene rings is 1. The molecule has 0 fully saturated rings. The van der Waals surface area contributed by atoms with E-state index in [9.17, 15) is 13.2 Å². The molecular formula is C17H17NO4S2. The van der Waals surface area contributed by atoms with Gasteiger partial charge >= 0.3 is 5.97 Å². The van der Waals surface area contributed by atoms with E-state index in [1.807, 2.05) is 24.4 Å². The standard InChI is InChI=1S/C17H17NO4S2/c1-13-8-10-15(11-9-13)24(20,21)18-16(17(19)22-2)7-3-5-14-6-4-12-23-14/h4,6,8-12,16,18H,7H2,1-2H3. The zero-order valence-corrected chi connectivity index (χ0v) is 14.9. The van der Waals surface area contributed by atoms with Crippen molar-refractivity contribution in [3.63, 3.8) is 0 Å². The van der Waals surface area contributed by atoms with Crippen molar-refractivity contribution in [1.82, 2.24) is 4.72 Å². The molecule has 2 aromatic rings. The van der Waals surface area contributed by atoms with Gasteiger partial charge in [0.05, 0.1) is 16.9 Å². The summed E-state index contributed by atoms with van der Waals surface area (Å²) in [5.41, 5.74) is 0.945. The van der Waals surface area contributed by atoms with E-state index in [-0.39, 0.29) is 11.3 Å². The normalized spacial score (nSPS) is 12.1. The molecule has 126 valence electrons. The maximum Gasteiger partial charge on any atom is 0.324 e. The molecule has 1 N–H and O–H groups in total. The van der Waals surface area contributed by atoms with Gasteiger partial charge in [0.2, 0.25) is 10.0 Å². The van der Waals surface area contributed by atoms with Gasteiger partial charge in [-0.25, -0.2) is 8.42 Å². The van der Waals surface area contributed by atoms with Crippen molar-refractivity contribution < 1.29 is 17.9 Å². The molecule has 0 saturated heterocycles. The summed E-state index contributed by atoms with van der Waals surface area (Å²) in [7, 11) is -2.62. The number of methoxy groups -OCH3 is 1. The summed E-state index contributed by atoms with van der Waals surface area (Å²) in [5.74, 6) is 5.04. The lowest BCUT2D eigenvalue weighted by atomic mass is 10.2. The predicted octanol–water partition coefficient (Wildman–Crippen LogP) is 2.32. The van der Waals surface area contributed by atoms with Gasteiger partial charge < -0.3 is 4.74 Å². The fourth-order valence-electron chi connectivity index (χ4n) is 1.88. The van der Waals surface area contributed by atoms with Crippen molar-refractivity contribution in [3.05, 3.63) is 52.2 Å². The molecule has 0 spiro atoms. The van der Waals surface area contributed by atoms with E-state index in [0.717, 1.165) is 10.4 Å². The molecule has 0 amide bonds. The summed E-state index contributed by atoms with van der Waals surface area (Å²) < 4.78 is 31.8. The first-order valence-corrected chi connectivity index (χ1v) is 9.48. The quantitative estimate of drug-likeness (QED) is 0.654. The number of rotatable bonds is 5. The second kappa shape index (κ2) is 8.11. The molecule has 0 aliphatic heterocycles. The van der Waals surface area contributed by atoms with Gasteiger partial charge in [0.15, 0.2) is 0 Å². The molecule has 1 atom stereocenters. The van der Waals surface area contributed by atoms with Crippen LogP contribution in [0.2, 0.25) is 0 Å². The van der Waals surface area contributed by atoms with Gasteiger partial charge in [-0.15, -0.1) is 11.3 Å². The van der Waals surface area contributed by atoms with E-state index in [4.69, 9.17) is 0 Å². The summed E-state index contributed by atoms with van der Waals surface area (Å²) in [6, 6.07) is 9.02. The van der Waals surface area contributed by atoms with Crippen LogP contribution < -0.4 is 4.72 Å². The Balaban J connectivity index is 2.16.